The van der Waals surface area contributed by atoms with Crippen LogP contribution in [0.5, 0.6) is 0 Å². The van der Waals surface area contributed by atoms with Crippen LogP contribution in [0.1, 0.15) is 89.1 Å². The van der Waals surface area contributed by atoms with Gasteiger partial charge < -0.3 is 25.2 Å². The molecule has 7 heteroatoms. The summed E-state index contributed by atoms with van der Waals surface area (Å²) in [5.74, 6) is -0.0192. The first kappa shape index (κ1) is 29.2. The summed E-state index contributed by atoms with van der Waals surface area (Å²) in [6.07, 6.45) is 6.44. The smallest absolute Gasteiger partial charge is 0.251 e. The van der Waals surface area contributed by atoms with Gasteiger partial charge in [-0.05, 0) is 105 Å². The van der Waals surface area contributed by atoms with Crippen LogP contribution in [-0.4, -0.2) is 73.9 Å². The van der Waals surface area contributed by atoms with Gasteiger partial charge in [0.1, 0.15) is 0 Å². The van der Waals surface area contributed by atoms with E-state index in [1.807, 2.05) is 12.1 Å². The maximum Gasteiger partial charge on any atom is 0.251 e. The lowest BCUT2D eigenvalue weighted by molar-refractivity contribution is 0.0872. The highest BCUT2D eigenvalue weighted by molar-refractivity contribution is 6.31. The summed E-state index contributed by atoms with van der Waals surface area (Å²) >= 11 is 6.62. The predicted octanol–water partition coefficient (Wildman–Crippen LogP) is 5.40. The van der Waals surface area contributed by atoms with Crippen LogP contribution >= 0.6 is 11.6 Å². The van der Waals surface area contributed by atoms with E-state index in [9.17, 15) is 4.79 Å². The molecule has 1 aromatic rings. The number of anilines is 1. The Bertz CT molecular complexity index is 880. The van der Waals surface area contributed by atoms with Crippen LogP contribution in [0.4, 0.5) is 5.69 Å². The van der Waals surface area contributed by atoms with Gasteiger partial charge in [-0.25, -0.2) is 0 Å². The molecule has 1 saturated heterocycles. The number of hydrogen-bond acceptors (Lipinski definition) is 5. The van der Waals surface area contributed by atoms with Crippen LogP contribution in [0, 0.1) is 6.92 Å². The highest BCUT2D eigenvalue weighted by atomic mass is 35.5. The van der Waals surface area contributed by atoms with Crippen LogP contribution in [0.3, 0.4) is 0 Å². The molecule has 1 saturated carbocycles. The average molecular weight is 521 g/mol. The number of nitrogens with one attached hydrogen (secondary N) is 2. The van der Waals surface area contributed by atoms with Gasteiger partial charge in [-0.1, -0.05) is 11.6 Å². The number of hydrogen-bond donors (Lipinski definition) is 2. The second-order valence-corrected chi connectivity index (χ2v) is 12.7. The van der Waals surface area contributed by atoms with E-state index in [-0.39, 0.29) is 23.0 Å². The van der Waals surface area contributed by atoms with Crippen molar-refractivity contribution in [2.75, 3.05) is 38.8 Å². The average Bonchev–Trinajstić information content (AvgIpc) is 2.78. The van der Waals surface area contributed by atoms with Crippen molar-refractivity contribution in [2.24, 2.45) is 0 Å². The molecular formula is C29H49ClN4O2. The fraction of sp³-hybridized carbons (Fsp3) is 0.759. The summed E-state index contributed by atoms with van der Waals surface area (Å²) in [6.45, 7) is 15.8. The number of halogens is 1. The highest BCUT2D eigenvalue weighted by Crippen LogP contribution is 2.35. The number of methoxy groups -OCH3 is 1. The molecule has 0 radical (unpaired) electrons. The van der Waals surface area contributed by atoms with E-state index in [1.54, 1.807) is 7.11 Å². The van der Waals surface area contributed by atoms with Crippen molar-refractivity contribution in [3.05, 3.63) is 28.3 Å². The molecule has 2 N–H and O–H groups in total. The largest absolute Gasteiger partial charge is 0.383 e. The van der Waals surface area contributed by atoms with Crippen molar-refractivity contribution in [2.45, 2.75) is 109 Å². The molecule has 1 aromatic carbocycles. The molecule has 3 rings (SSSR count). The molecule has 2 fully saturated rings. The number of carbonyl (C=O) groups is 1. The fourth-order valence-electron chi connectivity index (χ4n) is 6.74. The lowest BCUT2D eigenvalue weighted by atomic mass is 9.79. The molecule has 6 nitrogen and oxygen atoms in total. The van der Waals surface area contributed by atoms with Gasteiger partial charge in [0.15, 0.2) is 0 Å². The Morgan fingerprint density at radius 2 is 1.69 bits per heavy atom. The summed E-state index contributed by atoms with van der Waals surface area (Å²) in [5.41, 5.74) is 2.76. The third kappa shape index (κ3) is 7.37. The summed E-state index contributed by atoms with van der Waals surface area (Å²) < 4.78 is 5.26. The van der Waals surface area contributed by atoms with E-state index < -0.39 is 0 Å². The molecule has 204 valence electrons. The third-order valence-electron chi connectivity index (χ3n) is 8.14. The standard InChI is InChI=1S/C29H49ClN4O2/c1-9-34(24-12-10-23(11-13-24)33(7)14-15-36-8)26-17-21(30)16-25(20(26)2)27(35)31-22-18-28(3,4)32-29(5,6)19-22/h16-17,22-24,32H,9-15,18-19H2,1-8H3,(H,31,35). The molecule has 0 bridgehead atoms. The molecule has 0 atom stereocenters. The number of ether oxygens (including phenoxy) is 1. The Hall–Kier alpha value is -1.34. The first-order chi connectivity index (χ1) is 16.9. The van der Waals surface area contributed by atoms with E-state index in [0.29, 0.717) is 22.7 Å². The minimum Gasteiger partial charge on any atom is -0.383 e. The van der Waals surface area contributed by atoms with Gasteiger partial charge >= 0.3 is 0 Å². The molecule has 1 aliphatic carbocycles. The fourth-order valence-corrected chi connectivity index (χ4v) is 6.95. The Kier molecular flexibility index (Phi) is 9.75. The number of likely N-dealkylation sites (N-methyl/N-ethyl adjacent to an activating group) is 1. The third-order valence-corrected chi connectivity index (χ3v) is 8.36. The predicted molar refractivity (Wildman–Crippen MR) is 152 cm³/mol. The summed E-state index contributed by atoms with van der Waals surface area (Å²) in [5, 5.41) is 7.66. The van der Waals surface area contributed by atoms with Gasteiger partial charge in [0.2, 0.25) is 0 Å². The van der Waals surface area contributed by atoms with Gasteiger partial charge in [0.05, 0.1) is 6.61 Å². The van der Waals surface area contributed by atoms with Crippen molar-refractivity contribution in [3.63, 3.8) is 0 Å². The second-order valence-electron chi connectivity index (χ2n) is 12.3. The first-order valence-electron chi connectivity index (χ1n) is 13.7. The number of amides is 1. The Balaban J connectivity index is 1.74. The number of nitrogens with zero attached hydrogens (tertiary/aromatic N) is 2. The van der Waals surface area contributed by atoms with Gasteiger partial charge in [-0.3, -0.25) is 4.79 Å². The van der Waals surface area contributed by atoms with Crippen LogP contribution in [0.2, 0.25) is 5.02 Å². The first-order valence-corrected chi connectivity index (χ1v) is 14.1. The van der Waals surface area contributed by atoms with Crippen molar-refractivity contribution >= 4 is 23.2 Å². The molecule has 1 amide bonds. The lowest BCUT2D eigenvalue weighted by Crippen LogP contribution is -2.62. The zero-order valence-corrected chi connectivity index (χ0v) is 24.6. The molecule has 1 heterocycles. The maximum absolute atomic E-state index is 13.5. The van der Waals surface area contributed by atoms with Crippen LogP contribution in [0.25, 0.3) is 0 Å². The van der Waals surface area contributed by atoms with Crippen LogP contribution in [0.15, 0.2) is 12.1 Å². The van der Waals surface area contributed by atoms with Gasteiger partial charge in [0, 0.05) is 65.7 Å². The van der Waals surface area contributed by atoms with E-state index in [0.717, 1.165) is 56.6 Å². The maximum atomic E-state index is 13.5. The normalized spacial score (nSPS) is 24.1. The van der Waals surface area contributed by atoms with Crippen molar-refractivity contribution in [1.82, 2.24) is 15.5 Å². The van der Waals surface area contributed by atoms with E-state index in [4.69, 9.17) is 16.3 Å². The SMILES string of the molecule is CCN(c1cc(Cl)cc(C(=O)NC2CC(C)(C)NC(C)(C)C2)c1C)C1CCC(N(C)CCOC)CC1. The zero-order valence-electron chi connectivity index (χ0n) is 23.8. The monoisotopic (exact) mass is 520 g/mol. The quantitative estimate of drug-likeness (QED) is 0.456. The topological polar surface area (TPSA) is 56.8 Å². The van der Waals surface area contributed by atoms with E-state index >= 15 is 0 Å². The molecular weight excluding hydrogens is 472 g/mol. The number of carbonyl (C=O) groups excluding carboxylic acids is 1. The highest BCUT2D eigenvalue weighted by Gasteiger charge is 2.38. The van der Waals surface area contributed by atoms with Crippen molar-refractivity contribution in [1.29, 1.82) is 0 Å². The van der Waals surface area contributed by atoms with Gasteiger partial charge in [-0.15, -0.1) is 0 Å². The molecule has 0 unspecified atom stereocenters. The summed E-state index contributed by atoms with van der Waals surface area (Å²) in [7, 11) is 3.97. The Labute approximate surface area is 224 Å². The lowest BCUT2D eigenvalue weighted by Gasteiger charge is -2.46. The second kappa shape index (κ2) is 12.0. The number of rotatable bonds is 9. The Morgan fingerprint density at radius 1 is 1.11 bits per heavy atom. The van der Waals surface area contributed by atoms with Crippen molar-refractivity contribution in [3.8, 4) is 0 Å². The summed E-state index contributed by atoms with van der Waals surface area (Å²) in [6, 6.07) is 5.07. The zero-order chi connectivity index (χ0) is 26.7. The molecule has 36 heavy (non-hydrogen) atoms. The van der Waals surface area contributed by atoms with Gasteiger partial charge in [-0.2, -0.15) is 0 Å². The number of benzene rings is 1. The Morgan fingerprint density at radius 3 is 2.25 bits per heavy atom. The van der Waals surface area contributed by atoms with E-state index in [2.05, 4.69) is 69.0 Å². The number of piperidine rings is 1. The molecule has 0 aromatic heterocycles. The summed E-state index contributed by atoms with van der Waals surface area (Å²) in [4.78, 5) is 18.4. The van der Waals surface area contributed by atoms with Gasteiger partial charge in [0.25, 0.3) is 5.91 Å². The minimum absolute atomic E-state index is 0.0192. The molecule has 2 aliphatic rings. The molecule has 0 spiro atoms. The molecule has 1 aliphatic heterocycles. The minimum atomic E-state index is -0.0241. The van der Waals surface area contributed by atoms with Crippen molar-refractivity contribution < 1.29 is 9.53 Å². The van der Waals surface area contributed by atoms with E-state index in [1.165, 1.54) is 12.8 Å². The van der Waals surface area contributed by atoms with Crippen LogP contribution < -0.4 is 15.5 Å². The van der Waals surface area contributed by atoms with Crippen LogP contribution in [-0.2, 0) is 4.74 Å².